The maximum absolute atomic E-state index is 3.47. The van der Waals surface area contributed by atoms with E-state index in [-0.39, 0.29) is 0 Å². The lowest BCUT2D eigenvalue weighted by Crippen LogP contribution is -2.37. The fourth-order valence-corrected chi connectivity index (χ4v) is 1.96. The molecule has 2 nitrogen and oxygen atoms in total. The van der Waals surface area contributed by atoms with Crippen molar-refractivity contribution in [1.82, 2.24) is 10.2 Å². The Balaban J connectivity index is 2.15. The van der Waals surface area contributed by atoms with Gasteiger partial charge in [0.1, 0.15) is 0 Å². The quantitative estimate of drug-likeness (QED) is 0.777. The molecule has 1 N–H and O–H groups in total. The molecule has 1 rings (SSSR count). The first-order valence-corrected chi connectivity index (χ1v) is 6.05. The molecule has 0 radical (unpaired) electrons. The van der Waals surface area contributed by atoms with Gasteiger partial charge < -0.3 is 10.2 Å². The molecule has 0 saturated carbocycles. The van der Waals surface area contributed by atoms with E-state index in [0.29, 0.717) is 6.04 Å². The van der Waals surface area contributed by atoms with Gasteiger partial charge in [-0.3, -0.25) is 0 Å². The van der Waals surface area contributed by atoms with Gasteiger partial charge in [-0.1, -0.05) is 13.0 Å². The molecule has 0 saturated heterocycles. The molecule has 1 aromatic heterocycles. The van der Waals surface area contributed by atoms with Crippen LogP contribution in [0.15, 0.2) is 17.5 Å². The topological polar surface area (TPSA) is 15.3 Å². The van der Waals surface area contributed by atoms with Crippen molar-refractivity contribution < 1.29 is 0 Å². The van der Waals surface area contributed by atoms with Gasteiger partial charge in [0.2, 0.25) is 0 Å². The first-order valence-electron chi connectivity index (χ1n) is 5.17. The van der Waals surface area contributed by atoms with Gasteiger partial charge in [0.05, 0.1) is 0 Å². The Bertz CT molecular complexity index is 233. The van der Waals surface area contributed by atoms with Gasteiger partial charge in [-0.05, 0) is 32.0 Å². The molecular formula is C11H20N2S. The highest BCUT2D eigenvalue weighted by Gasteiger charge is 2.05. The van der Waals surface area contributed by atoms with Crippen molar-refractivity contribution in [3.05, 3.63) is 22.4 Å². The van der Waals surface area contributed by atoms with Gasteiger partial charge in [-0.25, -0.2) is 0 Å². The zero-order valence-electron chi connectivity index (χ0n) is 9.29. The zero-order valence-corrected chi connectivity index (χ0v) is 10.1. The predicted octanol–water partition coefficient (Wildman–Crippen LogP) is 2.18. The van der Waals surface area contributed by atoms with E-state index in [2.05, 4.69) is 48.6 Å². The molecule has 1 heterocycles. The smallest absolute Gasteiger partial charge is 0.0300 e. The third-order valence-corrected chi connectivity index (χ3v) is 3.45. The Labute approximate surface area is 90.9 Å². The first kappa shape index (κ1) is 11.7. The Kier molecular flexibility index (Phi) is 5.15. The summed E-state index contributed by atoms with van der Waals surface area (Å²) in [6, 6.07) is 4.88. The van der Waals surface area contributed by atoms with E-state index in [1.54, 1.807) is 0 Å². The largest absolute Gasteiger partial charge is 0.310 e. The number of hydrogen-bond acceptors (Lipinski definition) is 3. The molecule has 0 aliphatic heterocycles. The molecule has 0 aliphatic rings. The summed E-state index contributed by atoms with van der Waals surface area (Å²) in [5, 5.41) is 5.60. The molecule has 0 aromatic carbocycles. The molecule has 1 unspecified atom stereocenters. The Morgan fingerprint density at radius 2 is 2.36 bits per heavy atom. The maximum atomic E-state index is 3.47. The molecule has 3 heteroatoms. The highest BCUT2D eigenvalue weighted by molar-refractivity contribution is 7.09. The summed E-state index contributed by atoms with van der Waals surface area (Å²) in [5.41, 5.74) is 0. The van der Waals surface area contributed by atoms with Crippen molar-refractivity contribution in [2.24, 2.45) is 0 Å². The van der Waals surface area contributed by atoms with Gasteiger partial charge in [-0.15, -0.1) is 11.3 Å². The normalized spacial score (nSPS) is 13.4. The number of thiophene rings is 1. The van der Waals surface area contributed by atoms with E-state index in [0.717, 1.165) is 19.6 Å². The van der Waals surface area contributed by atoms with Crippen molar-refractivity contribution in [2.75, 3.05) is 20.1 Å². The fourth-order valence-electron chi connectivity index (χ4n) is 1.28. The van der Waals surface area contributed by atoms with Crippen LogP contribution in [0.4, 0.5) is 0 Å². The summed E-state index contributed by atoms with van der Waals surface area (Å²) in [6.07, 6.45) is 0. The average Bonchev–Trinajstić information content (AvgIpc) is 2.69. The molecule has 0 spiro atoms. The third kappa shape index (κ3) is 3.78. The van der Waals surface area contributed by atoms with Crippen LogP contribution in [0.5, 0.6) is 0 Å². The molecule has 0 amide bonds. The van der Waals surface area contributed by atoms with Crippen LogP contribution in [0.25, 0.3) is 0 Å². The fraction of sp³-hybridized carbons (Fsp3) is 0.636. The zero-order chi connectivity index (χ0) is 10.4. The first-order chi connectivity index (χ1) is 6.74. The maximum Gasteiger partial charge on any atom is 0.0300 e. The van der Waals surface area contributed by atoms with E-state index in [4.69, 9.17) is 0 Å². The summed E-state index contributed by atoms with van der Waals surface area (Å²) in [5.74, 6) is 0. The standard InChI is InChI=1S/C11H20N2S/c1-4-13(3)10(2)8-12-9-11-6-5-7-14-11/h5-7,10,12H,4,8-9H2,1-3H3. The molecular weight excluding hydrogens is 192 g/mol. The van der Waals surface area contributed by atoms with Crippen LogP contribution in [-0.4, -0.2) is 31.1 Å². The van der Waals surface area contributed by atoms with E-state index in [9.17, 15) is 0 Å². The van der Waals surface area contributed by atoms with Crippen LogP contribution in [-0.2, 0) is 6.54 Å². The van der Waals surface area contributed by atoms with E-state index < -0.39 is 0 Å². The Hall–Kier alpha value is -0.380. The van der Waals surface area contributed by atoms with Crippen LogP contribution < -0.4 is 5.32 Å². The molecule has 80 valence electrons. The predicted molar refractivity (Wildman–Crippen MR) is 63.8 cm³/mol. The number of hydrogen-bond donors (Lipinski definition) is 1. The van der Waals surface area contributed by atoms with Crippen LogP contribution in [0.1, 0.15) is 18.7 Å². The van der Waals surface area contributed by atoms with Crippen LogP contribution >= 0.6 is 11.3 Å². The summed E-state index contributed by atoms with van der Waals surface area (Å²) >= 11 is 1.81. The van der Waals surface area contributed by atoms with Gasteiger partial charge in [-0.2, -0.15) is 0 Å². The SMILES string of the molecule is CCN(C)C(C)CNCc1cccs1. The minimum Gasteiger partial charge on any atom is -0.310 e. The monoisotopic (exact) mass is 212 g/mol. The van der Waals surface area contributed by atoms with Crippen molar-refractivity contribution in [3.63, 3.8) is 0 Å². The second kappa shape index (κ2) is 6.17. The minimum absolute atomic E-state index is 0.611. The Morgan fingerprint density at radius 3 is 2.93 bits per heavy atom. The second-order valence-electron chi connectivity index (χ2n) is 3.63. The number of nitrogens with one attached hydrogen (secondary N) is 1. The van der Waals surface area contributed by atoms with E-state index in [1.165, 1.54) is 4.88 Å². The molecule has 14 heavy (non-hydrogen) atoms. The summed E-state index contributed by atoms with van der Waals surface area (Å²) < 4.78 is 0. The van der Waals surface area contributed by atoms with Crippen molar-refractivity contribution in [3.8, 4) is 0 Å². The van der Waals surface area contributed by atoms with Crippen molar-refractivity contribution in [2.45, 2.75) is 26.4 Å². The summed E-state index contributed by atoms with van der Waals surface area (Å²) in [7, 11) is 2.16. The van der Waals surface area contributed by atoms with Gasteiger partial charge in [0, 0.05) is 24.0 Å². The van der Waals surface area contributed by atoms with Crippen LogP contribution in [0.3, 0.4) is 0 Å². The highest BCUT2D eigenvalue weighted by atomic mass is 32.1. The molecule has 1 atom stereocenters. The van der Waals surface area contributed by atoms with E-state index in [1.807, 2.05) is 11.3 Å². The molecule has 1 aromatic rings. The molecule has 0 aliphatic carbocycles. The van der Waals surface area contributed by atoms with E-state index >= 15 is 0 Å². The third-order valence-electron chi connectivity index (χ3n) is 2.57. The average molecular weight is 212 g/mol. The molecule has 0 bridgehead atoms. The second-order valence-corrected chi connectivity index (χ2v) is 4.66. The van der Waals surface area contributed by atoms with Crippen LogP contribution in [0, 0.1) is 0 Å². The van der Waals surface area contributed by atoms with Gasteiger partial charge in [0.25, 0.3) is 0 Å². The minimum atomic E-state index is 0.611. The van der Waals surface area contributed by atoms with Crippen molar-refractivity contribution >= 4 is 11.3 Å². The van der Waals surface area contributed by atoms with Crippen LogP contribution in [0.2, 0.25) is 0 Å². The van der Waals surface area contributed by atoms with Gasteiger partial charge in [0.15, 0.2) is 0 Å². The highest BCUT2D eigenvalue weighted by Crippen LogP contribution is 2.07. The summed E-state index contributed by atoms with van der Waals surface area (Å²) in [6.45, 7) is 7.62. The number of nitrogens with zero attached hydrogens (tertiary/aromatic N) is 1. The molecule has 0 fully saturated rings. The van der Waals surface area contributed by atoms with Crippen molar-refractivity contribution in [1.29, 1.82) is 0 Å². The lowest BCUT2D eigenvalue weighted by atomic mass is 10.3. The number of rotatable bonds is 6. The number of likely N-dealkylation sites (N-methyl/N-ethyl adjacent to an activating group) is 1. The lowest BCUT2D eigenvalue weighted by molar-refractivity contribution is 0.263. The Morgan fingerprint density at radius 1 is 1.57 bits per heavy atom. The lowest BCUT2D eigenvalue weighted by Gasteiger charge is -2.23. The summed E-state index contributed by atoms with van der Waals surface area (Å²) in [4.78, 5) is 3.76. The van der Waals surface area contributed by atoms with Gasteiger partial charge >= 0.3 is 0 Å².